The van der Waals surface area contributed by atoms with Crippen molar-refractivity contribution in [2.24, 2.45) is 10.7 Å². The predicted octanol–water partition coefficient (Wildman–Crippen LogP) is 2.66. The molecule has 0 aliphatic rings. The second-order valence-corrected chi connectivity index (χ2v) is 7.44. The molecule has 0 amide bonds. The van der Waals surface area contributed by atoms with Crippen molar-refractivity contribution < 1.29 is 14.6 Å². The number of aromatic amines is 1. The van der Waals surface area contributed by atoms with Gasteiger partial charge in [0, 0.05) is 11.8 Å². The van der Waals surface area contributed by atoms with Gasteiger partial charge in [0.1, 0.15) is 16.1 Å². The number of nitrogens with one attached hydrogen (secondary N) is 2. The van der Waals surface area contributed by atoms with Crippen molar-refractivity contribution >= 4 is 49.8 Å². The summed E-state index contributed by atoms with van der Waals surface area (Å²) in [5, 5.41) is 28.0. The van der Waals surface area contributed by atoms with Gasteiger partial charge in [0.2, 0.25) is 11.1 Å². The Morgan fingerprint density at radius 2 is 1.94 bits per heavy atom. The topological polar surface area (TPSA) is 197 Å². The molecule has 0 fully saturated rings. The molecule has 2 aromatic heterocycles. The molecule has 4 N–H and O–H groups in total. The van der Waals surface area contributed by atoms with E-state index in [1.165, 1.54) is 0 Å². The lowest BCUT2D eigenvalue weighted by Gasteiger charge is -2.05. The Hall–Kier alpha value is -4.79. The summed E-state index contributed by atoms with van der Waals surface area (Å²) in [6, 6.07) is 9.92. The highest BCUT2D eigenvalue weighted by atomic mass is 32.1. The molecule has 0 saturated carbocycles. The number of ether oxygens (including phenoxy) is 1. The third-order valence-corrected chi connectivity index (χ3v) is 5.35. The van der Waals surface area contributed by atoms with Crippen LogP contribution in [-0.2, 0) is 0 Å². The van der Waals surface area contributed by atoms with Gasteiger partial charge in [0.25, 0.3) is 11.2 Å². The van der Waals surface area contributed by atoms with Gasteiger partial charge < -0.3 is 15.8 Å². The highest BCUT2D eigenvalue weighted by molar-refractivity contribution is 7.21. The highest BCUT2D eigenvalue weighted by Crippen LogP contribution is 2.29. The molecule has 168 valence electrons. The molecule has 0 atom stereocenters. The number of hydrogen-bond acceptors (Lipinski definition) is 9. The van der Waals surface area contributed by atoms with E-state index in [4.69, 9.17) is 10.5 Å². The van der Waals surface area contributed by atoms with Crippen molar-refractivity contribution in [3.63, 3.8) is 0 Å². The Kier molecular flexibility index (Phi) is 5.45. The number of methoxy groups -OCH3 is 1. The van der Waals surface area contributed by atoms with E-state index in [1.54, 1.807) is 31.4 Å². The number of anilines is 1. The molecule has 0 spiro atoms. The van der Waals surface area contributed by atoms with Gasteiger partial charge in [-0.3, -0.25) is 30.1 Å². The number of nitrogens with two attached hydrogens (primary N) is 1. The SMILES string of the molecule is COc1ccc(N/C(N)=N/c2nc3[nH]n(-c4ccc([N+](=O)[O-])cc4[N+](=O)[O-])c(=O)c3s2)cc1. The van der Waals surface area contributed by atoms with E-state index in [1.807, 2.05) is 0 Å². The van der Waals surface area contributed by atoms with E-state index >= 15 is 0 Å². The van der Waals surface area contributed by atoms with Crippen LogP contribution in [0.5, 0.6) is 5.75 Å². The number of aliphatic imine (C=N–C) groups is 1. The molecule has 0 saturated heterocycles. The Labute approximate surface area is 187 Å². The first-order valence-electron chi connectivity index (χ1n) is 9.07. The molecular formula is C18H14N8O6S. The van der Waals surface area contributed by atoms with Gasteiger partial charge >= 0.3 is 5.69 Å². The first-order chi connectivity index (χ1) is 15.8. The van der Waals surface area contributed by atoms with Gasteiger partial charge in [-0.25, -0.2) is 4.68 Å². The van der Waals surface area contributed by atoms with E-state index in [0.717, 1.165) is 34.2 Å². The van der Waals surface area contributed by atoms with Gasteiger partial charge in [-0.15, -0.1) is 0 Å². The smallest absolute Gasteiger partial charge is 0.301 e. The molecular weight excluding hydrogens is 456 g/mol. The highest BCUT2D eigenvalue weighted by Gasteiger charge is 2.24. The number of rotatable bonds is 6. The van der Waals surface area contributed by atoms with Crippen LogP contribution in [0.3, 0.4) is 0 Å². The van der Waals surface area contributed by atoms with Crippen LogP contribution in [-0.4, -0.2) is 37.7 Å². The molecule has 0 radical (unpaired) electrons. The summed E-state index contributed by atoms with van der Waals surface area (Å²) in [6.07, 6.45) is 0. The molecule has 4 rings (SSSR count). The summed E-state index contributed by atoms with van der Waals surface area (Å²) >= 11 is 0.925. The maximum Gasteiger partial charge on any atom is 0.301 e. The zero-order valence-electron chi connectivity index (χ0n) is 16.7. The summed E-state index contributed by atoms with van der Waals surface area (Å²) in [5.41, 5.74) is 4.83. The number of guanidine groups is 1. The zero-order valence-corrected chi connectivity index (χ0v) is 17.5. The van der Waals surface area contributed by atoms with Crippen LogP contribution in [0.1, 0.15) is 0 Å². The number of hydrogen-bond donors (Lipinski definition) is 3. The third kappa shape index (κ3) is 4.19. The fourth-order valence-electron chi connectivity index (χ4n) is 2.92. The molecule has 15 heteroatoms. The van der Waals surface area contributed by atoms with Gasteiger partial charge in [-0.1, -0.05) is 11.3 Å². The number of non-ortho nitro benzene ring substituents is 1. The van der Waals surface area contributed by atoms with Crippen molar-refractivity contribution in [2.75, 3.05) is 12.4 Å². The van der Waals surface area contributed by atoms with Crippen molar-refractivity contribution in [3.8, 4) is 11.4 Å². The fraction of sp³-hybridized carbons (Fsp3) is 0.0556. The summed E-state index contributed by atoms with van der Waals surface area (Å²) in [7, 11) is 1.55. The molecule has 0 bridgehead atoms. The van der Waals surface area contributed by atoms with Crippen LogP contribution >= 0.6 is 11.3 Å². The lowest BCUT2D eigenvalue weighted by Crippen LogP contribution is -2.21. The molecule has 14 nitrogen and oxygen atoms in total. The summed E-state index contributed by atoms with van der Waals surface area (Å²) in [6.45, 7) is 0. The molecule has 2 aromatic carbocycles. The number of nitrogens with zero attached hydrogens (tertiary/aromatic N) is 5. The fourth-order valence-corrected chi connectivity index (χ4v) is 3.75. The number of nitro benzene ring substituents is 2. The minimum absolute atomic E-state index is 0.0305. The van der Waals surface area contributed by atoms with Crippen LogP contribution in [0, 0.1) is 20.2 Å². The van der Waals surface area contributed by atoms with E-state index < -0.39 is 26.8 Å². The number of H-pyrrole nitrogens is 1. The Balaban J connectivity index is 1.65. The number of aromatic nitrogens is 3. The molecule has 0 aliphatic heterocycles. The molecule has 0 aliphatic carbocycles. The quantitative estimate of drug-likeness (QED) is 0.164. The van der Waals surface area contributed by atoms with Gasteiger partial charge in [0.15, 0.2) is 5.65 Å². The third-order valence-electron chi connectivity index (χ3n) is 4.42. The maximum atomic E-state index is 12.8. The van der Waals surface area contributed by atoms with Crippen molar-refractivity contribution in [2.45, 2.75) is 0 Å². The number of nitro groups is 2. The first kappa shape index (κ1) is 21.4. The number of thiazole rings is 1. The predicted molar refractivity (Wildman–Crippen MR) is 121 cm³/mol. The van der Waals surface area contributed by atoms with E-state index in [9.17, 15) is 25.0 Å². The second-order valence-electron chi connectivity index (χ2n) is 6.46. The molecule has 0 unspecified atom stereocenters. The lowest BCUT2D eigenvalue weighted by atomic mass is 10.2. The van der Waals surface area contributed by atoms with E-state index in [2.05, 4.69) is 20.4 Å². The first-order valence-corrected chi connectivity index (χ1v) is 9.88. The van der Waals surface area contributed by atoms with Crippen LogP contribution in [0.4, 0.5) is 22.2 Å². The summed E-state index contributed by atoms with van der Waals surface area (Å²) in [5.74, 6) is 0.706. The van der Waals surface area contributed by atoms with Crippen molar-refractivity contribution in [1.29, 1.82) is 0 Å². The monoisotopic (exact) mass is 470 g/mol. The minimum Gasteiger partial charge on any atom is -0.497 e. The minimum atomic E-state index is -0.807. The van der Waals surface area contributed by atoms with E-state index in [0.29, 0.717) is 11.4 Å². The summed E-state index contributed by atoms with van der Waals surface area (Å²) in [4.78, 5) is 41.9. The van der Waals surface area contributed by atoms with Crippen LogP contribution < -0.4 is 21.3 Å². The molecule has 2 heterocycles. The largest absolute Gasteiger partial charge is 0.497 e. The standard InChI is InChI=1S/C18H14N8O6S/c1-32-11-5-2-9(3-6-11)20-17(19)22-18-21-15-14(33-18)16(27)24(23-15)12-7-4-10(25(28)29)8-13(12)26(30)31/h2-8,23H,1H3,(H3,19,20,21,22). The Morgan fingerprint density at radius 3 is 2.55 bits per heavy atom. The van der Waals surface area contributed by atoms with Crippen molar-refractivity contribution in [1.82, 2.24) is 14.8 Å². The Morgan fingerprint density at radius 1 is 1.21 bits per heavy atom. The van der Waals surface area contributed by atoms with Crippen molar-refractivity contribution in [3.05, 3.63) is 73.0 Å². The van der Waals surface area contributed by atoms with Crippen LogP contribution in [0.25, 0.3) is 16.0 Å². The summed E-state index contributed by atoms with van der Waals surface area (Å²) < 4.78 is 6.14. The number of fused-ring (bicyclic) bond motifs is 1. The lowest BCUT2D eigenvalue weighted by molar-refractivity contribution is -0.394. The van der Waals surface area contributed by atoms with Crippen LogP contribution in [0.15, 0.2) is 52.3 Å². The average molecular weight is 470 g/mol. The second kappa shape index (κ2) is 8.39. The van der Waals surface area contributed by atoms with Gasteiger partial charge in [-0.2, -0.15) is 9.98 Å². The molecule has 4 aromatic rings. The normalized spacial score (nSPS) is 11.5. The van der Waals surface area contributed by atoms with Gasteiger partial charge in [0.05, 0.1) is 23.0 Å². The average Bonchev–Trinajstić information content (AvgIpc) is 3.31. The van der Waals surface area contributed by atoms with Gasteiger partial charge in [-0.05, 0) is 30.3 Å². The zero-order chi connectivity index (χ0) is 23.7. The van der Waals surface area contributed by atoms with E-state index in [-0.39, 0.29) is 27.1 Å². The Bertz CT molecular complexity index is 1470. The molecule has 33 heavy (non-hydrogen) atoms. The maximum absolute atomic E-state index is 12.8. The number of benzene rings is 2. The van der Waals surface area contributed by atoms with Crippen LogP contribution in [0.2, 0.25) is 0 Å².